The predicted molar refractivity (Wildman–Crippen MR) is 67.1 cm³/mol. The van der Waals surface area contributed by atoms with E-state index in [1.54, 1.807) is 7.11 Å². The number of methoxy groups -OCH3 is 1. The van der Waals surface area contributed by atoms with Crippen molar-refractivity contribution in [2.75, 3.05) is 20.3 Å². The minimum atomic E-state index is 0.652. The molecule has 2 rings (SSSR count). The van der Waals surface area contributed by atoms with Crippen molar-refractivity contribution < 1.29 is 4.74 Å². The lowest BCUT2D eigenvalue weighted by Crippen LogP contribution is -2.41. The van der Waals surface area contributed by atoms with Gasteiger partial charge in [0.1, 0.15) is 0 Å². The topological polar surface area (TPSA) is 21.3 Å². The van der Waals surface area contributed by atoms with Crippen molar-refractivity contribution in [2.45, 2.75) is 24.8 Å². The van der Waals surface area contributed by atoms with Gasteiger partial charge in [0.25, 0.3) is 0 Å². The Labute approximate surface area is 102 Å². The Bertz CT molecular complexity index is 336. The standard InChI is InChI=1S/C13H18ClNO/c1-16-6-5-15-13-8-11(9-13)10-3-2-4-12(14)7-10/h2-4,7,11,13,15H,5-6,8-9H2,1H3. The molecule has 0 amide bonds. The third-order valence-electron chi connectivity index (χ3n) is 3.20. The molecule has 88 valence electrons. The number of rotatable bonds is 5. The fourth-order valence-corrected chi connectivity index (χ4v) is 2.38. The van der Waals surface area contributed by atoms with E-state index in [4.69, 9.17) is 16.3 Å². The number of hydrogen-bond acceptors (Lipinski definition) is 2. The molecule has 0 heterocycles. The molecule has 1 aliphatic carbocycles. The molecular weight excluding hydrogens is 222 g/mol. The van der Waals surface area contributed by atoms with Gasteiger partial charge in [-0.25, -0.2) is 0 Å². The van der Waals surface area contributed by atoms with Gasteiger partial charge >= 0.3 is 0 Å². The van der Waals surface area contributed by atoms with Crippen LogP contribution in [0.3, 0.4) is 0 Å². The SMILES string of the molecule is COCCNC1CC(c2cccc(Cl)c2)C1. The lowest BCUT2D eigenvalue weighted by molar-refractivity contribution is 0.184. The first-order valence-electron chi connectivity index (χ1n) is 5.77. The Morgan fingerprint density at radius 2 is 2.25 bits per heavy atom. The quantitative estimate of drug-likeness (QED) is 0.798. The van der Waals surface area contributed by atoms with Gasteiger partial charge in [-0.2, -0.15) is 0 Å². The summed E-state index contributed by atoms with van der Waals surface area (Å²) >= 11 is 5.98. The van der Waals surface area contributed by atoms with Crippen molar-refractivity contribution in [3.05, 3.63) is 34.9 Å². The van der Waals surface area contributed by atoms with Crippen LogP contribution in [0.5, 0.6) is 0 Å². The molecule has 1 fully saturated rings. The van der Waals surface area contributed by atoms with E-state index < -0.39 is 0 Å². The molecule has 0 unspecified atom stereocenters. The van der Waals surface area contributed by atoms with Crippen molar-refractivity contribution in [1.29, 1.82) is 0 Å². The largest absolute Gasteiger partial charge is 0.383 e. The molecule has 3 heteroatoms. The zero-order valence-electron chi connectivity index (χ0n) is 9.58. The van der Waals surface area contributed by atoms with Crippen molar-refractivity contribution >= 4 is 11.6 Å². The summed E-state index contributed by atoms with van der Waals surface area (Å²) in [4.78, 5) is 0. The van der Waals surface area contributed by atoms with Crippen LogP contribution in [0.2, 0.25) is 5.02 Å². The molecule has 1 N–H and O–H groups in total. The number of hydrogen-bond donors (Lipinski definition) is 1. The zero-order chi connectivity index (χ0) is 11.4. The molecule has 1 saturated carbocycles. The average Bonchev–Trinajstić information content (AvgIpc) is 2.21. The lowest BCUT2D eigenvalue weighted by atomic mass is 9.76. The van der Waals surface area contributed by atoms with Crippen LogP contribution in [0.4, 0.5) is 0 Å². The minimum absolute atomic E-state index is 0.652. The second kappa shape index (κ2) is 5.67. The summed E-state index contributed by atoms with van der Waals surface area (Å²) < 4.78 is 5.01. The predicted octanol–water partition coefficient (Wildman–Crippen LogP) is 2.82. The first-order valence-corrected chi connectivity index (χ1v) is 6.15. The Hall–Kier alpha value is -0.570. The van der Waals surface area contributed by atoms with Crippen LogP contribution in [0.1, 0.15) is 24.3 Å². The summed E-state index contributed by atoms with van der Waals surface area (Å²) in [5.74, 6) is 0.679. The maximum absolute atomic E-state index is 5.98. The van der Waals surface area contributed by atoms with Gasteiger partial charge in [0.2, 0.25) is 0 Å². The normalized spacial score (nSPS) is 24.1. The molecule has 0 radical (unpaired) electrons. The van der Waals surface area contributed by atoms with E-state index in [0.717, 1.165) is 18.2 Å². The van der Waals surface area contributed by atoms with Crippen LogP contribution in [-0.4, -0.2) is 26.3 Å². The van der Waals surface area contributed by atoms with E-state index in [-0.39, 0.29) is 0 Å². The van der Waals surface area contributed by atoms with Crippen molar-refractivity contribution in [1.82, 2.24) is 5.32 Å². The van der Waals surface area contributed by atoms with Gasteiger partial charge < -0.3 is 10.1 Å². The lowest BCUT2D eigenvalue weighted by Gasteiger charge is -2.36. The van der Waals surface area contributed by atoms with E-state index in [9.17, 15) is 0 Å². The first kappa shape index (κ1) is 11.9. The maximum Gasteiger partial charge on any atom is 0.0587 e. The van der Waals surface area contributed by atoms with E-state index >= 15 is 0 Å². The van der Waals surface area contributed by atoms with Gasteiger partial charge in [0, 0.05) is 24.7 Å². The van der Waals surface area contributed by atoms with Gasteiger partial charge in [-0.3, -0.25) is 0 Å². The summed E-state index contributed by atoms with van der Waals surface area (Å²) in [5, 5.41) is 4.32. The van der Waals surface area contributed by atoms with Gasteiger partial charge in [-0.1, -0.05) is 23.7 Å². The number of nitrogens with one attached hydrogen (secondary N) is 1. The molecule has 0 atom stereocenters. The number of benzene rings is 1. The van der Waals surface area contributed by atoms with Gasteiger partial charge in [0.15, 0.2) is 0 Å². The third-order valence-corrected chi connectivity index (χ3v) is 3.43. The molecule has 0 spiro atoms. The number of ether oxygens (including phenoxy) is 1. The van der Waals surface area contributed by atoms with E-state index in [0.29, 0.717) is 12.0 Å². The van der Waals surface area contributed by atoms with Gasteiger partial charge in [-0.05, 0) is 36.5 Å². The molecule has 1 aromatic rings. The average molecular weight is 240 g/mol. The summed E-state index contributed by atoms with van der Waals surface area (Å²) in [6.07, 6.45) is 2.42. The van der Waals surface area contributed by atoms with Crippen LogP contribution in [0, 0.1) is 0 Å². The van der Waals surface area contributed by atoms with Crippen LogP contribution in [0.15, 0.2) is 24.3 Å². The monoisotopic (exact) mass is 239 g/mol. The minimum Gasteiger partial charge on any atom is -0.383 e. The highest BCUT2D eigenvalue weighted by Crippen LogP contribution is 2.37. The Morgan fingerprint density at radius 3 is 2.94 bits per heavy atom. The van der Waals surface area contributed by atoms with E-state index in [2.05, 4.69) is 17.4 Å². The molecule has 0 aliphatic heterocycles. The van der Waals surface area contributed by atoms with E-state index in [1.165, 1.54) is 18.4 Å². The fraction of sp³-hybridized carbons (Fsp3) is 0.538. The second-order valence-electron chi connectivity index (χ2n) is 4.37. The van der Waals surface area contributed by atoms with Crippen molar-refractivity contribution in [3.8, 4) is 0 Å². The molecule has 0 saturated heterocycles. The van der Waals surface area contributed by atoms with E-state index in [1.807, 2.05) is 12.1 Å². The molecule has 0 aromatic heterocycles. The summed E-state index contributed by atoms with van der Waals surface area (Å²) in [6.45, 7) is 1.74. The van der Waals surface area contributed by atoms with Crippen molar-refractivity contribution in [3.63, 3.8) is 0 Å². The highest BCUT2D eigenvalue weighted by molar-refractivity contribution is 6.30. The first-order chi connectivity index (χ1) is 7.79. The summed E-state index contributed by atoms with van der Waals surface area (Å²) in [7, 11) is 1.73. The molecule has 0 bridgehead atoms. The summed E-state index contributed by atoms with van der Waals surface area (Å²) in [5.41, 5.74) is 1.37. The smallest absolute Gasteiger partial charge is 0.0587 e. The van der Waals surface area contributed by atoms with Crippen LogP contribution in [-0.2, 0) is 4.74 Å². The molecule has 16 heavy (non-hydrogen) atoms. The Kier molecular flexibility index (Phi) is 4.22. The highest BCUT2D eigenvalue weighted by atomic mass is 35.5. The molecular formula is C13H18ClNO. The third kappa shape index (κ3) is 2.97. The highest BCUT2D eigenvalue weighted by Gasteiger charge is 2.29. The number of halogens is 1. The van der Waals surface area contributed by atoms with Crippen molar-refractivity contribution in [2.24, 2.45) is 0 Å². The van der Waals surface area contributed by atoms with Gasteiger partial charge in [0.05, 0.1) is 6.61 Å². The molecule has 1 aromatic carbocycles. The fourth-order valence-electron chi connectivity index (χ4n) is 2.18. The van der Waals surface area contributed by atoms with Gasteiger partial charge in [-0.15, -0.1) is 0 Å². The molecule has 1 aliphatic rings. The molecule has 2 nitrogen and oxygen atoms in total. The maximum atomic E-state index is 5.98. The Morgan fingerprint density at radius 1 is 1.44 bits per heavy atom. The van der Waals surface area contributed by atoms with Crippen LogP contribution in [0.25, 0.3) is 0 Å². The van der Waals surface area contributed by atoms with Crippen LogP contribution >= 0.6 is 11.6 Å². The summed E-state index contributed by atoms with van der Waals surface area (Å²) in [6, 6.07) is 8.86. The Balaban J connectivity index is 1.75. The van der Waals surface area contributed by atoms with Crippen LogP contribution < -0.4 is 5.32 Å². The second-order valence-corrected chi connectivity index (χ2v) is 4.80. The zero-order valence-corrected chi connectivity index (χ0v) is 10.3.